The van der Waals surface area contributed by atoms with Gasteiger partial charge in [0.2, 0.25) is 15.9 Å². The van der Waals surface area contributed by atoms with E-state index in [1.807, 2.05) is 60.7 Å². The number of hydrogen-bond acceptors (Lipinski definition) is 4. The Labute approximate surface area is 193 Å². The molecule has 0 spiro atoms. The lowest BCUT2D eigenvalue weighted by Crippen LogP contribution is -2.48. The molecule has 0 saturated heterocycles. The average Bonchev–Trinajstić information content (AvgIpc) is 2.80. The van der Waals surface area contributed by atoms with Crippen molar-refractivity contribution in [3.63, 3.8) is 0 Å². The molecule has 1 amide bonds. The van der Waals surface area contributed by atoms with E-state index in [-0.39, 0.29) is 22.1 Å². The van der Waals surface area contributed by atoms with E-state index in [4.69, 9.17) is 16.3 Å². The van der Waals surface area contributed by atoms with Crippen LogP contribution in [0.1, 0.15) is 11.1 Å². The molecule has 0 radical (unpaired) electrons. The highest BCUT2D eigenvalue weighted by Gasteiger charge is 2.28. The van der Waals surface area contributed by atoms with E-state index in [1.54, 1.807) is 0 Å². The van der Waals surface area contributed by atoms with E-state index >= 15 is 0 Å². The molecular formula is C24H25ClN2O4S. The number of nitrogens with one attached hydrogen (secondary N) is 2. The summed E-state index contributed by atoms with van der Waals surface area (Å²) in [7, 11) is -2.71. The molecule has 1 atom stereocenters. The van der Waals surface area contributed by atoms with Gasteiger partial charge in [-0.2, -0.15) is 4.72 Å². The lowest BCUT2D eigenvalue weighted by Gasteiger charge is -2.20. The van der Waals surface area contributed by atoms with Crippen LogP contribution in [0, 0.1) is 0 Å². The Balaban J connectivity index is 1.79. The van der Waals surface area contributed by atoms with Crippen molar-refractivity contribution < 1.29 is 17.9 Å². The van der Waals surface area contributed by atoms with Gasteiger partial charge in [0.15, 0.2) is 0 Å². The number of hydrogen-bond donors (Lipinski definition) is 2. The van der Waals surface area contributed by atoms with Gasteiger partial charge in [0.25, 0.3) is 0 Å². The van der Waals surface area contributed by atoms with Gasteiger partial charge in [-0.1, -0.05) is 72.3 Å². The second-order valence-electron chi connectivity index (χ2n) is 7.19. The molecule has 168 valence electrons. The number of sulfonamides is 1. The molecule has 3 aromatic rings. The van der Waals surface area contributed by atoms with E-state index in [2.05, 4.69) is 10.0 Å². The quantitative estimate of drug-likeness (QED) is 0.472. The van der Waals surface area contributed by atoms with Gasteiger partial charge in [0.1, 0.15) is 16.7 Å². The summed E-state index contributed by atoms with van der Waals surface area (Å²) in [6, 6.07) is 22.3. The smallest absolute Gasteiger partial charge is 0.245 e. The zero-order valence-corrected chi connectivity index (χ0v) is 19.2. The molecular weight excluding hydrogens is 448 g/mol. The van der Waals surface area contributed by atoms with Gasteiger partial charge < -0.3 is 10.1 Å². The highest BCUT2D eigenvalue weighted by Crippen LogP contribution is 2.27. The SMILES string of the molecule is COc1ccc(Cl)cc1S(=O)(=O)NC(Cc1ccccc1)C(=O)NCCc1ccccc1. The van der Waals surface area contributed by atoms with Crippen molar-refractivity contribution in [1.29, 1.82) is 0 Å². The van der Waals surface area contributed by atoms with Gasteiger partial charge in [-0.3, -0.25) is 4.79 Å². The molecule has 0 fully saturated rings. The molecule has 1 unspecified atom stereocenters. The standard InChI is InChI=1S/C24H25ClN2O4S/c1-31-22-13-12-20(25)17-23(22)32(29,30)27-21(16-19-10-6-3-7-11-19)24(28)26-15-14-18-8-4-2-5-9-18/h2-13,17,21,27H,14-16H2,1H3,(H,26,28). The number of halogens is 1. The van der Waals surface area contributed by atoms with Gasteiger partial charge in [-0.15, -0.1) is 0 Å². The molecule has 0 heterocycles. The fraction of sp³-hybridized carbons (Fsp3) is 0.208. The van der Waals surface area contributed by atoms with Crippen molar-refractivity contribution in [2.24, 2.45) is 0 Å². The summed E-state index contributed by atoms with van der Waals surface area (Å²) in [4.78, 5) is 12.9. The molecule has 32 heavy (non-hydrogen) atoms. The molecule has 2 N–H and O–H groups in total. The Hall–Kier alpha value is -2.87. The molecule has 8 heteroatoms. The van der Waals surface area contributed by atoms with Crippen LogP contribution in [0.5, 0.6) is 5.75 Å². The number of carbonyl (C=O) groups is 1. The highest BCUT2D eigenvalue weighted by molar-refractivity contribution is 7.89. The Morgan fingerprint density at radius 1 is 0.969 bits per heavy atom. The van der Waals surface area contributed by atoms with Crippen molar-refractivity contribution in [3.05, 3.63) is 95.0 Å². The number of carbonyl (C=O) groups excluding carboxylic acids is 1. The maximum absolute atomic E-state index is 13.1. The van der Waals surface area contributed by atoms with Crippen molar-refractivity contribution in [3.8, 4) is 5.75 Å². The summed E-state index contributed by atoms with van der Waals surface area (Å²) < 4.78 is 34.0. The number of rotatable bonds is 10. The molecule has 0 aromatic heterocycles. The number of ether oxygens (including phenoxy) is 1. The summed E-state index contributed by atoms with van der Waals surface area (Å²) >= 11 is 6.01. The molecule has 0 bridgehead atoms. The van der Waals surface area contributed by atoms with Crippen LogP contribution in [0.3, 0.4) is 0 Å². The molecule has 3 aromatic carbocycles. The largest absolute Gasteiger partial charge is 0.495 e. The summed E-state index contributed by atoms with van der Waals surface area (Å²) in [5.41, 5.74) is 1.91. The third-order valence-electron chi connectivity index (χ3n) is 4.87. The third-order valence-corrected chi connectivity index (χ3v) is 6.60. The van der Waals surface area contributed by atoms with Gasteiger partial charge in [0, 0.05) is 11.6 Å². The molecule has 0 aliphatic heterocycles. The highest BCUT2D eigenvalue weighted by atomic mass is 35.5. The second kappa shape index (κ2) is 11.1. The first kappa shape index (κ1) is 23.8. The fourth-order valence-electron chi connectivity index (χ4n) is 3.25. The first-order chi connectivity index (χ1) is 15.4. The minimum atomic E-state index is -4.09. The van der Waals surface area contributed by atoms with E-state index in [1.165, 1.54) is 25.3 Å². The number of amides is 1. The molecule has 0 saturated carbocycles. The molecule has 0 aliphatic rings. The predicted octanol–water partition coefficient (Wildman–Crippen LogP) is 3.60. The second-order valence-corrected chi connectivity index (χ2v) is 9.30. The van der Waals surface area contributed by atoms with Gasteiger partial charge in [-0.05, 0) is 42.2 Å². The van der Waals surface area contributed by atoms with E-state index in [0.717, 1.165) is 11.1 Å². The molecule has 0 aliphatic carbocycles. The van der Waals surface area contributed by atoms with Crippen LogP contribution in [0.2, 0.25) is 5.02 Å². The van der Waals surface area contributed by atoms with Crippen molar-refractivity contribution in [2.45, 2.75) is 23.8 Å². The van der Waals surface area contributed by atoms with E-state index in [0.29, 0.717) is 13.0 Å². The summed E-state index contributed by atoms with van der Waals surface area (Å²) in [5, 5.41) is 3.09. The third kappa shape index (κ3) is 6.56. The zero-order valence-electron chi connectivity index (χ0n) is 17.6. The van der Waals surface area contributed by atoms with Gasteiger partial charge >= 0.3 is 0 Å². The minimum absolute atomic E-state index is 0.123. The minimum Gasteiger partial charge on any atom is -0.495 e. The lowest BCUT2D eigenvalue weighted by molar-refractivity contribution is -0.122. The van der Waals surface area contributed by atoms with Crippen molar-refractivity contribution >= 4 is 27.5 Å². The van der Waals surface area contributed by atoms with Crippen LogP contribution in [0.25, 0.3) is 0 Å². The maximum atomic E-state index is 13.1. The predicted molar refractivity (Wildman–Crippen MR) is 125 cm³/mol. The summed E-state index contributed by atoms with van der Waals surface area (Å²) in [6.07, 6.45) is 0.833. The Morgan fingerprint density at radius 3 is 2.22 bits per heavy atom. The number of methoxy groups -OCH3 is 1. The molecule has 3 rings (SSSR count). The maximum Gasteiger partial charge on any atom is 0.245 e. The van der Waals surface area contributed by atoms with Gasteiger partial charge in [-0.25, -0.2) is 8.42 Å². The van der Waals surface area contributed by atoms with E-state index < -0.39 is 22.0 Å². The topological polar surface area (TPSA) is 84.5 Å². The zero-order chi connectivity index (χ0) is 23.0. The van der Waals surface area contributed by atoms with Crippen LogP contribution in [-0.4, -0.2) is 34.0 Å². The first-order valence-corrected chi connectivity index (χ1v) is 12.0. The normalized spacial score (nSPS) is 12.2. The summed E-state index contributed by atoms with van der Waals surface area (Å²) in [5.74, 6) is -0.265. The van der Waals surface area contributed by atoms with Crippen molar-refractivity contribution in [2.75, 3.05) is 13.7 Å². The summed E-state index contributed by atoms with van der Waals surface area (Å²) in [6.45, 7) is 0.385. The first-order valence-electron chi connectivity index (χ1n) is 10.1. The average molecular weight is 473 g/mol. The monoisotopic (exact) mass is 472 g/mol. The van der Waals surface area contributed by atoms with Crippen LogP contribution >= 0.6 is 11.6 Å². The van der Waals surface area contributed by atoms with Crippen molar-refractivity contribution in [1.82, 2.24) is 10.0 Å². The molecule has 6 nitrogen and oxygen atoms in total. The van der Waals surface area contributed by atoms with Crippen LogP contribution < -0.4 is 14.8 Å². The Kier molecular flexibility index (Phi) is 8.27. The van der Waals surface area contributed by atoms with Gasteiger partial charge in [0.05, 0.1) is 7.11 Å². The van der Waals surface area contributed by atoms with Crippen LogP contribution in [-0.2, 0) is 27.7 Å². The van der Waals surface area contributed by atoms with E-state index in [9.17, 15) is 13.2 Å². The lowest BCUT2D eigenvalue weighted by atomic mass is 10.1. The fourth-order valence-corrected chi connectivity index (χ4v) is 4.87. The Bertz CT molecular complexity index is 1140. The van der Waals surface area contributed by atoms with Crippen LogP contribution in [0.4, 0.5) is 0 Å². The van der Waals surface area contributed by atoms with Crippen LogP contribution in [0.15, 0.2) is 83.8 Å². The number of benzene rings is 3. The Morgan fingerprint density at radius 2 is 1.59 bits per heavy atom.